The van der Waals surface area contributed by atoms with Crippen LogP contribution in [0.1, 0.15) is 17.3 Å². The predicted octanol–water partition coefficient (Wildman–Crippen LogP) is 2.62. The molecule has 0 aromatic carbocycles. The fraction of sp³-hybridized carbons (Fsp3) is 0.143. The van der Waals surface area contributed by atoms with Gasteiger partial charge in [0.2, 0.25) is 0 Å². The molecular formula is C7H7Br2NO. The number of rotatable bonds is 1. The van der Waals surface area contributed by atoms with Crippen LogP contribution in [0.2, 0.25) is 0 Å². The maximum Gasteiger partial charge on any atom is 0.162 e. The third-order valence-electron chi connectivity index (χ3n) is 1.15. The predicted molar refractivity (Wildman–Crippen MR) is 52.3 cm³/mol. The van der Waals surface area contributed by atoms with E-state index in [4.69, 9.17) is 0 Å². The number of pyridine rings is 1. The highest BCUT2D eigenvalue weighted by atomic mass is 79.9. The lowest BCUT2D eigenvalue weighted by Crippen LogP contribution is -1.93. The molecule has 0 N–H and O–H groups in total. The summed E-state index contributed by atoms with van der Waals surface area (Å²) in [6.07, 6.45) is 3.18. The number of carbonyl (C=O) groups is 1. The normalized spacial score (nSPS) is 8.55. The number of aromatic nitrogens is 1. The average Bonchev–Trinajstić information content (AvgIpc) is 1.88. The zero-order chi connectivity index (χ0) is 7.56. The van der Waals surface area contributed by atoms with Gasteiger partial charge >= 0.3 is 0 Å². The molecule has 0 aliphatic carbocycles. The first kappa shape index (κ1) is 10.8. The van der Waals surface area contributed by atoms with E-state index in [0.717, 1.165) is 4.47 Å². The first-order chi connectivity index (χ1) is 4.72. The summed E-state index contributed by atoms with van der Waals surface area (Å²) < 4.78 is 0.801. The van der Waals surface area contributed by atoms with Crippen molar-refractivity contribution in [2.24, 2.45) is 0 Å². The first-order valence-corrected chi connectivity index (χ1v) is 3.61. The molecule has 0 amide bonds. The summed E-state index contributed by atoms with van der Waals surface area (Å²) in [4.78, 5) is 14.6. The van der Waals surface area contributed by atoms with Crippen molar-refractivity contribution in [1.29, 1.82) is 0 Å². The highest BCUT2D eigenvalue weighted by Crippen LogP contribution is 2.14. The molecule has 0 saturated carbocycles. The Labute approximate surface area is 83.9 Å². The maximum atomic E-state index is 10.8. The number of nitrogens with zero attached hydrogens (tertiary/aromatic N) is 1. The van der Waals surface area contributed by atoms with Crippen molar-refractivity contribution in [3.63, 3.8) is 0 Å². The van der Waals surface area contributed by atoms with Gasteiger partial charge in [-0.05, 0) is 28.9 Å². The minimum Gasteiger partial charge on any atom is -0.294 e. The number of ketones is 1. The van der Waals surface area contributed by atoms with Gasteiger partial charge in [0.25, 0.3) is 0 Å². The van der Waals surface area contributed by atoms with E-state index in [9.17, 15) is 4.79 Å². The third-order valence-corrected chi connectivity index (χ3v) is 1.84. The first-order valence-electron chi connectivity index (χ1n) is 2.82. The van der Waals surface area contributed by atoms with Crippen molar-refractivity contribution in [2.75, 3.05) is 0 Å². The van der Waals surface area contributed by atoms with E-state index < -0.39 is 0 Å². The summed E-state index contributed by atoms with van der Waals surface area (Å²) in [7, 11) is 0. The minimum absolute atomic E-state index is 0. The average molecular weight is 281 g/mol. The van der Waals surface area contributed by atoms with Gasteiger partial charge in [-0.25, -0.2) is 0 Å². The zero-order valence-electron chi connectivity index (χ0n) is 5.87. The molecular weight excluding hydrogens is 274 g/mol. The van der Waals surface area contributed by atoms with Crippen molar-refractivity contribution >= 4 is 38.7 Å². The quantitative estimate of drug-likeness (QED) is 0.741. The van der Waals surface area contributed by atoms with Crippen LogP contribution in [0.4, 0.5) is 0 Å². The fourth-order valence-corrected chi connectivity index (χ4v) is 1.14. The number of hydrogen-bond donors (Lipinski definition) is 0. The Balaban J connectivity index is 0.000001000. The molecule has 0 fully saturated rings. The van der Waals surface area contributed by atoms with Crippen molar-refractivity contribution in [3.05, 3.63) is 28.5 Å². The Morgan fingerprint density at radius 2 is 2.27 bits per heavy atom. The van der Waals surface area contributed by atoms with Gasteiger partial charge in [-0.15, -0.1) is 17.0 Å². The van der Waals surface area contributed by atoms with Crippen molar-refractivity contribution in [2.45, 2.75) is 6.92 Å². The molecule has 1 rings (SSSR count). The number of carbonyl (C=O) groups excluding carboxylic acids is 1. The summed E-state index contributed by atoms with van der Waals surface area (Å²) in [5, 5.41) is 0. The Kier molecular flexibility index (Phi) is 4.52. The van der Waals surface area contributed by atoms with Crippen LogP contribution in [0, 0.1) is 0 Å². The van der Waals surface area contributed by atoms with Gasteiger partial charge in [-0.2, -0.15) is 0 Å². The molecule has 0 aliphatic rings. The maximum absolute atomic E-state index is 10.8. The SMILES string of the molecule is Br.CC(=O)c1cnccc1Br. The largest absolute Gasteiger partial charge is 0.294 e. The second-order valence-corrected chi connectivity index (χ2v) is 2.77. The van der Waals surface area contributed by atoms with Crippen molar-refractivity contribution < 1.29 is 4.79 Å². The molecule has 60 valence electrons. The molecule has 0 radical (unpaired) electrons. The molecule has 2 nitrogen and oxygen atoms in total. The second-order valence-electron chi connectivity index (χ2n) is 1.91. The van der Waals surface area contributed by atoms with Crippen LogP contribution in [0.3, 0.4) is 0 Å². The molecule has 1 aromatic heterocycles. The van der Waals surface area contributed by atoms with Crippen LogP contribution in [0.25, 0.3) is 0 Å². The Bertz CT molecular complexity index is 262. The molecule has 0 atom stereocenters. The van der Waals surface area contributed by atoms with Gasteiger partial charge in [0.1, 0.15) is 0 Å². The highest BCUT2D eigenvalue weighted by molar-refractivity contribution is 9.10. The fourth-order valence-electron chi connectivity index (χ4n) is 0.637. The number of hydrogen-bond acceptors (Lipinski definition) is 2. The Morgan fingerprint density at radius 3 is 2.64 bits per heavy atom. The van der Waals surface area contributed by atoms with Gasteiger partial charge in [0.15, 0.2) is 5.78 Å². The van der Waals surface area contributed by atoms with E-state index in [0.29, 0.717) is 5.56 Å². The van der Waals surface area contributed by atoms with Crippen LogP contribution in [-0.2, 0) is 0 Å². The van der Waals surface area contributed by atoms with Gasteiger partial charge < -0.3 is 0 Å². The van der Waals surface area contributed by atoms with E-state index in [-0.39, 0.29) is 22.8 Å². The lowest BCUT2D eigenvalue weighted by Gasteiger charge is -1.95. The molecule has 0 saturated heterocycles. The molecule has 0 unspecified atom stereocenters. The lowest BCUT2D eigenvalue weighted by atomic mass is 10.2. The van der Waals surface area contributed by atoms with Gasteiger partial charge in [0, 0.05) is 22.4 Å². The summed E-state index contributed by atoms with van der Waals surface area (Å²) in [5.74, 6) is 0.0278. The van der Waals surface area contributed by atoms with E-state index in [1.807, 2.05) is 0 Å². The summed E-state index contributed by atoms with van der Waals surface area (Å²) in [5.41, 5.74) is 0.627. The molecule has 0 spiro atoms. The van der Waals surface area contributed by atoms with E-state index in [1.165, 1.54) is 6.92 Å². The molecule has 1 aromatic rings. The van der Waals surface area contributed by atoms with E-state index in [1.54, 1.807) is 18.5 Å². The van der Waals surface area contributed by atoms with Crippen LogP contribution in [0.5, 0.6) is 0 Å². The van der Waals surface area contributed by atoms with Gasteiger partial charge in [-0.3, -0.25) is 9.78 Å². The summed E-state index contributed by atoms with van der Waals surface area (Å²) in [6.45, 7) is 1.52. The van der Waals surface area contributed by atoms with Crippen LogP contribution in [0.15, 0.2) is 22.9 Å². The molecule has 0 bridgehead atoms. The van der Waals surface area contributed by atoms with Crippen LogP contribution >= 0.6 is 32.9 Å². The third kappa shape index (κ3) is 2.71. The standard InChI is InChI=1S/C7H6BrNO.BrH/c1-5(10)6-4-9-3-2-7(6)8;/h2-4H,1H3;1H. The van der Waals surface area contributed by atoms with E-state index in [2.05, 4.69) is 20.9 Å². The topological polar surface area (TPSA) is 30.0 Å². The van der Waals surface area contributed by atoms with Gasteiger partial charge in [0.05, 0.1) is 0 Å². The smallest absolute Gasteiger partial charge is 0.162 e. The molecule has 0 aliphatic heterocycles. The zero-order valence-corrected chi connectivity index (χ0v) is 9.17. The van der Waals surface area contributed by atoms with Gasteiger partial charge in [-0.1, -0.05) is 0 Å². The van der Waals surface area contributed by atoms with Crippen molar-refractivity contribution in [1.82, 2.24) is 4.98 Å². The monoisotopic (exact) mass is 279 g/mol. The number of halogens is 2. The Hall–Kier alpha value is -0.220. The molecule has 11 heavy (non-hydrogen) atoms. The summed E-state index contributed by atoms with van der Waals surface area (Å²) in [6, 6.07) is 1.75. The summed E-state index contributed by atoms with van der Waals surface area (Å²) >= 11 is 3.24. The van der Waals surface area contributed by atoms with Crippen LogP contribution < -0.4 is 0 Å². The van der Waals surface area contributed by atoms with E-state index >= 15 is 0 Å². The highest BCUT2D eigenvalue weighted by Gasteiger charge is 2.02. The second kappa shape index (κ2) is 4.62. The molecule has 1 heterocycles. The molecule has 4 heteroatoms. The van der Waals surface area contributed by atoms with Crippen molar-refractivity contribution in [3.8, 4) is 0 Å². The minimum atomic E-state index is 0. The van der Waals surface area contributed by atoms with Crippen LogP contribution in [-0.4, -0.2) is 10.8 Å². The number of Topliss-reactive ketones (excluding diaryl/α,β-unsaturated/α-hetero) is 1. The Morgan fingerprint density at radius 1 is 1.64 bits per heavy atom. The lowest BCUT2D eigenvalue weighted by molar-refractivity contribution is 0.101.